The van der Waals surface area contributed by atoms with E-state index in [1.165, 1.54) is 48.7 Å². The molecule has 8 heteroatoms. The van der Waals surface area contributed by atoms with Crippen molar-refractivity contribution in [1.82, 2.24) is 0 Å². The Kier molecular flexibility index (Phi) is 7.59. The molecule has 2 aromatic rings. The maximum atomic E-state index is 12.4. The third-order valence-corrected chi connectivity index (χ3v) is 4.05. The van der Waals surface area contributed by atoms with Gasteiger partial charge in [0.25, 0.3) is 0 Å². The van der Waals surface area contributed by atoms with Crippen molar-refractivity contribution in [1.29, 1.82) is 0 Å². The molecule has 8 nitrogen and oxygen atoms in total. The van der Waals surface area contributed by atoms with E-state index in [-0.39, 0.29) is 5.91 Å². The van der Waals surface area contributed by atoms with Gasteiger partial charge in [0, 0.05) is 23.9 Å². The Bertz CT molecular complexity index is 843. The number of carbonyl (C=O) groups is 1. The van der Waals surface area contributed by atoms with Crippen LogP contribution in [0.1, 0.15) is 5.56 Å². The fraction of sp³-hybridized carbons (Fsp3) is 0.286. The van der Waals surface area contributed by atoms with Gasteiger partial charge in [0.1, 0.15) is 0 Å². The average molecular weight is 403 g/mol. The standard InChI is InChI=1S/C21H25NO7/c1-24-15-9-13(10-16(25-2)20(15)28-5)7-8-19(23)22-14-11-17(26-3)21(29-6)18(12-14)27-4/h7-12H,1-6H3,(H,22,23)/b8-7+. The molecule has 29 heavy (non-hydrogen) atoms. The number of nitrogens with one attached hydrogen (secondary N) is 1. The Morgan fingerprint density at radius 2 is 1.10 bits per heavy atom. The number of methoxy groups -OCH3 is 6. The van der Waals surface area contributed by atoms with Crippen molar-refractivity contribution < 1.29 is 33.2 Å². The van der Waals surface area contributed by atoms with E-state index in [0.717, 1.165) is 0 Å². The molecule has 0 atom stereocenters. The molecule has 0 spiro atoms. The minimum Gasteiger partial charge on any atom is -0.493 e. The van der Waals surface area contributed by atoms with E-state index in [1.807, 2.05) is 0 Å². The van der Waals surface area contributed by atoms with Gasteiger partial charge in [-0.05, 0) is 23.8 Å². The van der Waals surface area contributed by atoms with Gasteiger partial charge in [0.15, 0.2) is 23.0 Å². The van der Waals surface area contributed by atoms with Crippen LogP contribution in [0.15, 0.2) is 30.3 Å². The second-order valence-electron chi connectivity index (χ2n) is 5.70. The predicted octanol–water partition coefficient (Wildman–Crippen LogP) is 3.39. The highest BCUT2D eigenvalue weighted by Gasteiger charge is 2.14. The fourth-order valence-electron chi connectivity index (χ4n) is 2.71. The number of hydrogen-bond acceptors (Lipinski definition) is 7. The first kappa shape index (κ1) is 21.7. The second kappa shape index (κ2) is 10.1. The van der Waals surface area contributed by atoms with Crippen molar-refractivity contribution in [3.05, 3.63) is 35.9 Å². The molecule has 0 aliphatic carbocycles. The largest absolute Gasteiger partial charge is 0.493 e. The van der Waals surface area contributed by atoms with Gasteiger partial charge in [0.2, 0.25) is 17.4 Å². The minimum absolute atomic E-state index is 0.340. The van der Waals surface area contributed by atoms with Crippen LogP contribution in [-0.2, 0) is 4.79 Å². The van der Waals surface area contributed by atoms with Crippen molar-refractivity contribution in [2.75, 3.05) is 48.0 Å². The Labute approximate surface area is 169 Å². The lowest BCUT2D eigenvalue weighted by Crippen LogP contribution is -2.08. The first-order valence-corrected chi connectivity index (χ1v) is 8.60. The van der Waals surface area contributed by atoms with Crippen molar-refractivity contribution in [2.24, 2.45) is 0 Å². The van der Waals surface area contributed by atoms with Crippen LogP contribution in [-0.4, -0.2) is 48.6 Å². The molecular formula is C21H25NO7. The number of amides is 1. The lowest BCUT2D eigenvalue weighted by molar-refractivity contribution is -0.111. The molecule has 0 radical (unpaired) electrons. The Balaban J connectivity index is 2.24. The molecule has 0 heterocycles. The van der Waals surface area contributed by atoms with E-state index < -0.39 is 0 Å². The second-order valence-corrected chi connectivity index (χ2v) is 5.70. The maximum Gasteiger partial charge on any atom is 0.248 e. The fourth-order valence-corrected chi connectivity index (χ4v) is 2.71. The SMILES string of the molecule is COc1cc(/C=C/C(=O)Nc2cc(OC)c(OC)c(OC)c2)cc(OC)c1OC. The summed E-state index contributed by atoms with van der Waals surface area (Å²) in [6.45, 7) is 0. The Morgan fingerprint density at radius 1 is 0.690 bits per heavy atom. The third-order valence-electron chi connectivity index (χ3n) is 4.05. The number of rotatable bonds is 9. The van der Waals surface area contributed by atoms with Gasteiger partial charge in [-0.1, -0.05) is 0 Å². The van der Waals surface area contributed by atoms with E-state index >= 15 is 0 Å². The Morgan fingerprint density at radius 3 is 1.48 bits per heavy atom. The molecule has 0 saturated carbocycles. The van der Waals surface area contributed by atoms with Crippen LogP contribution in [0.25, 0.3) is 6.08 Å². The van der Waals surface area contributed by atoms with Crippen LogP contribution in [0.3, 0.4) is 0 Å². The van der Waals surface area contributed by atoms with Crippen LogP contribution in [0, 0.1) is 0 Å². The number of carbonyl (C=O) groups excluding carboxylic acids is 1. The highest BCUT2D eigenvalue weighted by Crippen LogP contribution is 2.40. The summed E-state index contributed by atoms with van der Waals surface area (Å²) in [6.07, 6.45) is 3.03. The smallest absolute Gasteiger partial charge is 0.248 e. The predicted molar refractivity (Wildman–Crippen MR) is 110 cm³/mol. The minimum atomic E-state index is -0.340. The summed E-state index contributed by atoms with van der Waals surface area (Å²) >= 11 is 0. The summed E-state index contributed by atoms with van der Waals surface area (Å²) in [5.41, 5.74) is 1.21. The molecule has 0 saturated heterocycles. The van der Waals surface area contributed by atoms with Gasteiger partial charge in [0.05, 0.1) is 42.7 Å². The van der Waals surface area contributed by atoms with E-state index in [0.29, 0.717) is 45.7 Å². The van der Waals surface area contributed by atoms with Crippen LogP contribution in [0.4, 0.5) is 5.69 Å². The van der Waals surface area contributed by atoms with Gasteiger partial charge < -0.3 is 33.7 Å². The molecule has 2 rings (SSSR count). The summed E-state index contributed by atoms with van der Waals surface area (Å²) in [7, 11) is 9.11. The van der Waals surface area contributed by atoms with Gasteiger partial charge in [-0.2, -0.15) is 0 Å². The Hall–Kier alpha value is -3.55. The first-order valence-electron chi connectivity index (χ1n) is 8.60. The molecule has 0 aliphatic heterocycles. The third kappa shape index (κ3) is 5.04. The molecule has 0 unspecified atom stereocenters. The van der Waals surface area contributed by atoms with E-state index in [2.05, 4.69) is 5.32 Å². The molecule has 1 amide bonds. The van der Waals surface area contributed by atoms with Gasteiger partial charge in [-0.15, -0.1) is 0 Å². The average Bonchev–Trinajstić information content (AvgIpc) is 2.75. The van der Waals surface area contributed by atoms with E-state index in [1.54, 1.807) is 30.3 Å². The molecule has 0 bridgehead atoms. The molecule has 0 aliphatic rings. The molecule has 0 fully saturated rings. The van der Waals surface area contributed by atoms with E-state index in [4.69, 9.17) is 28.4 Å². The van der Waals surface area contributed by atoms with Gasteiger partial charge >= 0.3 is 0 Å². The molecule has 1 N–H and O–H groups in total. The lowest BCUT2D eigenvalue weighted by atomic mass is 10.1. The van der Waals surface area contributed by atoms with Gasteiger partial charge in [-0.25, -0.2) is 0 Å². The molecule has 0 aromatic heterocycles. The van der Waals surface area contributed by atoms with Crippen LogP contribution >= 0.6 is 0 Å². The molecule has 2 aromatic carbocycles. The van der Waals surface area contributed by atoms with Gasteiger partial charge in [-0.3, -0.25) is 4.79 Å². The lowest BCUT2D eigenvalue weighted by Gasteiger charge is -2.14. The monoisotopic (exact) mass is 403 g/mol. The van der Waals surface area contributed by atoms with Crippen molar-refractivity contribution >= 4 is 17.7 Å². The zero-order chi connectivity index (χ0) is 21.4. The number of ether oxygens (including phenoxy) is 6. The number of hydrogen-bond donors (Lipinski definition) is 1. The molecular weight excluding hydrogens is 378 g/mol. The van der Waals surface area contributed by atoms with Crippen LogP contribution in [0.2, 0.25) is 0 Å². The summed E-state index contributed by atoms with van der Waals surface area (Å²) in [5.74, 6) is 2.46. The summed E-state index contributed by atoms with van der Waals surface area (Å²) in [4.78, 5) is 12.4. The first-order chi connectivity index (χ1) is 14.0. The number of anilines is 1. The zero-order valence-corrected chi connectivity index (χ0v) is 17.3. The van der Waals surface area contributed by atoms with E-state index in [9.17, 15) is 4.79 Å². The summed E-state index contributed by atoms with van der Waals surface area (Å²) in [5, 5.41) is 2.76. The van der Waals surface area contributed by atoms with Crippen LogP contribution in [0.5, 0.6) is 34.5 Å². The highest BCUT2D eigenvalue weighted by atomic mass is 16.5. The maximum absolute atomic E-state index is 12.4. The van der Waals surface area contributed by atoms with Crippen molar-refractivity contribution in [2.45, 2.75) is 0 Å². The topological polar surface area (TPSA) is 84.5 Å². The van der Waals surface area contributed by atoms with Crippen molar-refractivity contribution in [3.8, 4) is 34.5 Å². The summed E-state index contributed by atoms with van der Waals surface area (Å²) in [6, 6.07) is 6.77. The summed E-state index contributed by atoms with van der Waals surface area (Å²) < 4.78 is 31.8. The number of benzene rings is 2. The zero-order valence-electron chi connectivity index (χ0n) is 17.3. The van der Waals surface area contributed by atoms with Crippen LogP contribution < -0.4 is 33.7 Å². The normalized spacial score (nSPS) is 10.4. The highest BCUT2D eigenvalue weighted by molar-refractivity contribution is 6.02. The molecule has 156 valence electrons. The van der Waals surface area contributed by atoms with Crippen molar-refractivity contribution in [3.63, 3.8) is 0 Å². The quantitative estimate of drug-likeness (QED) is 0.643.